The van der Waals surface area contributed by atoms with Crippen molar-refractivity contribution in [3.8, 4) is 11.3 Å². The van der Waals surface area contributed by atoms with Gasteiger partial charge in [-0.3, -0.25) is 0 Å². The van der Waals surface area contributed by atoms with Crippen LogP contribution in [0, 0.1) is 0 Å². The van der Waals surface area contributed by atoms with Gasteiger partial charge in [0.1, 0.15) is 11.0 Å². The first-order valence-corrected chi connectivity index (χ1v) is 7.72. The minimum Gasteiger partial charge on any atom is -0.232 e. The van der Waals surface area contributed by atoms with Gasteiger partial charge in [0.25, 0.3) is 0 Å². The molecule has 0 saturated carbocycles. The molecule has 0 amide bonds. The predicted octanol–water partition coefficient (Wildman–Crippen LogP) is 5.15. The highest BCUT2D eigenvalue weighted by Gasteiger charge is 2.08. The van der Waals surface area contributed by atoms with E-state index in [0.717, 1.165) is 21.3 Å². The van der Waals surface area contributed by atoms with Gasteiger partial charge in [-0.25, -0.2) is 9.97 Å². The van der Waals surface area contributed by atoms with Crippen molar-refractivity contribution in [3.63, 3.8) is 0 Å². The Bertz CT molecular complexity index is 760. The van der Waals surface area contributed by atoms with Gasteiger partial charge in [-0.15, -0.1) is 0 Å². The summed E-state index contributed by atoms with van der Waals surface area (Å²) in [6.07, 6.45) is 0.641. The Kier molecular flexibility index (Phi) is 4.32. The number of hydrogen-bond acceptors (Lipinski definition) is 2. The van der Waals surface area contributed by atoms with Gasteiger partial charge in [0, 0.05) is 22.5 Å². The average Bonchev–Trinajstić information content (AvgIpc) is 2.50. The van der Waals surface area contributed by atoms with Crippen LogP contribution in [-0.4, -0.2) is 9.97 Å². The van der Waals surface area contributed by atoms with Crippen LogP contribution in [0.5, 0.6) is 0 Å². The van der Waals surface area contributed by atoms with Crippen LogP contribution in [0.3, 0.4) is 0 Å². The number of halogens is 2. The van der Waals surface area contributed by atoms with Crippen molar-refractivity contribution in [2.45, 2.75) is 6.42 Å². The van der Waals surface area contributed by atoms with Crippen LogP contribution in [0.25, 0.3) is 11.3 Å². The maximum absolute atomic E-state index is 6.14. The lowest BCUT2D eigenvalue weighted by Crippen LogP contribution is -1.99. The summed E-state index contributed by atoms with van der Waals surface area (Å²) in [5.74, 6) is 0.716. The maximum atomic E-state index is 6.14. The van der Waals surface area contributed by atoms with Gasteiger partial charge in [-0.2, -0.15) is 0 Å². The first-order chi connectivity index (χ1) is 10.2. The lowest BCUT2D eigenvalue weighted by molar-refractivity contribution is 0.969. The largest absolute Gasteiger partial charge is 0.232 e. The highest BCUT2D eigenvalue weighted by Crippen LogP contribution is 2.22. The second-order valence-electron chi connectivity index (χ2n) is 4.63. The third kappa shape index (κ3) is 3.49. The minimum atomic E-state index is 0.464. The number of aromatic nitrogens is 2. The molecule has 0 radical (unpaired) electrons. The van der Waals surface area contributed by atoms with E-state index in [-0.39, 0.29) is 0 Å². The van der Waals surface area contributed by atoms with Gasteiger partial charge in [-0.05, 0) is 11.6 Å². The SMILES string of the molecule is Clc1cc(-c2ccccc2)nc(Cc2ccccc2Br)n1. The lowest BCUT2D eigenvalue weighted by atomic mass is 10.1. The molecule has 0 atom stereocenters. The highest BCUT2D eigenvalue weighted by atomic mass is 79.9. The van der Waals surface area contributed by atoms with Gasteiger partial charge in [0.15, 0.2) is 0 Å². The van der Waals surface area contributed by atoms with E-state index in [0.29, 0.717) is 17.4 Å². The van der Waals surface area contributed by atoms with Gasteiger partial charge < -0.3 is 0 Å². The number of nitrogens with zero attached hydrogens (tertiary/aromatic N) is 2. The molecule has 0 fully saturated rings. The quantitative estimate of drug-likeness (QED) is 0.604. The van der Waals surface area contributed by atoms with Crippen molar-refractivity contribution >= 4 is 27.5 Å². The van der Waals surface area contributed by atoms with Crippen LogP contribution in [0.2, 0.25) is 5.15 Å². The Morgan fingerprint density at radius 1 is 0.905 bits per heavy atom. The molecule has 0 N–H and O–H groups in total. The zero-order valence-corrected chi connectivity index (χ0v) is 13.5. The van der Waals surface area contributed by atoms with Crippen molar-refractivity contribution in [2.24, 2.45) is 0 Å². The number of benzene rings is 2. The number of hydrogen-bond donors (Lipinski definition) is 0. The molecule has 0 bridgehead atoms. The van der Waals surface area contributed by atoms with E-state index >= 15 is 0 Å². The molecule has 104 valence electrons. The molecule has 4 heteroatoms. The van der Waals surface area contributed by atoms with Crippen molar-refractivity contribution in [2.75, 3.05) is 0 Å². The molecule has 1 aromatic heterocycles. The maximum Gasteiger partial charge on any atom is 0.135 e. The fourth-order valence-corrected chi connectivity index (χ4v) is 2.74. The molecule has 2 nitrogen and oxygen atoms in total. The van der Waals surface area contributed by atoms with Crippen LogP contribution in [-0.2, 0) is 6.42 Å². The second-order valence-corrected chi connectivity index (χ2v) is 5.87. The molecule has 0 aliphatic carbocycles. The van der Waals surface area contributed by atoms with E-state index in [9.17, 15) is 0 Å². The molecular weight excluding hydrogens is 348 g/mol. The first kappa shape index (κ1) is 14.2. The number of rotatable bonds is 3. The van der Waals surface area contributed by atoms with Crippen molar-refractivity contribution in [1.82, 2.24) is 9.97 Å². The smallest absolute Gasteiger partial charge is 0.135 e. The summed E-state index contributed by atoms with van der Waals surface area (Å²) in [5, 5.41) is 0.464. The molecule has 2 aromatic carbocycles. The Morgan fingerprint density at radius 3 is 2.38 bits per heavy atom. The topological polar surface area (TPSA) is 25.8 Å². The summed E-state index contributed by atoms with van der Waals surface area (Å²) < 4.78 is 1.05. The molecule has 0 aliphatic rings. The van der Waals surface area contributed by atoms with Crippen molar-refractivity contribution < 1.29 is 0 Å². The molecular formula is C17H12BrClN2. The monoisotopic (exact) mass is 358 g/mol. The van der Waals surface area contributed by atoms with E-state index in [1.165, 1.54) is 0 Å². The summed E-state index contributed by atoms with van der Waals surface area (Å²) in [6.45, 7) is 0. The third-order valence-electron chi connectivity index (χ3n) is 3.12. The minimum absolute atomic E-state index is 0.464. The second kappa shape index (κ2) is 6.37. The van der Waals surface area contributed by atoms with Gasteiger partial charge in [0.05, 0.1) is 5.69 Å². The van der Waals surface area contributed by atoms with E-state index < -0.39 is 0 Å². The Balaban J connectivity index is 1.97. The molecule has 3 rings (SSSR count). The molecule has 0 aliphatic heterocycles. The predicted molar refractivity (Wildman–Crippen MR) is 89.4 cm³/mol. The Hall–Kier alpha value is -1.71. The molecule has 3 aromatic rings. The first-order valence-electron chi connectivity index (χ1n) is 6.54. The Morgan fingerprint density at radius 2 is 1.62 bits per heavy atom. The molecule has 21 heavy (non-hydrogen) atoms. The summed E-state index contributed by atoms with van der Waals surface area (Å²) in [5.41, 5.74) is 3.02. The fraction of sp³-hybridized carbons (Fsp3) is 0.0588. The van der Waals surface area contributed by atoms with Gasteiger partial charge >= 0.3 is 0 Å². The average molecular weight is 360 g/mol. The van der Waals surface area contributed by atoms with Crippen LogP contribution in [0.15, 0.2) is 65.1 Å². The molecule has 0 spiro atoms. The molecule has 0 saturated heterocycles. The molecule has 1 heterocycles. The van der Waals surface area contributed by atoms with Crippen LogP contribution >= 0.6 is 27.5 Å². The lowest BCUT2D eigenvalue weighted by Gasteiger charge is -2.07. The van der Waals surface area contributed by atoms with E-state index in [4.69, 9.17) is 11.6 Å². The zero-order valence-electron chi connectivity index (χ0n) is 11.1. The normalized spacial score (nSPS) is 10.6. The highest BCUT2D eigenvalue weighted by molar-refractivity contribution is 9.10. The van der Waals surface area contributed by atoms with Crippen LogP contribution in [0.4, 0.5) is 0 Å². The van der Waals surface area contributed by atoms with Crippen LogP contribution < -0.4 is 0 Å². The summed E-state index contributed by atoms with van der Waals surface area (Å²) in [7, 11) is 0. The van der Waals surface area contributed by atoms with Gasteiger partial charge in [0.2, 0.25) is 0 Å². The van der Waals surface area contributed by atoms with Gasteiger partial charge in [-0.1, -0.05) is 76.1 Å². The summed E-state index contributed by atoms with van der Waals surface area (Å²) in [6, 6.07) is 19.8. The van der Waals surface area contributed by atoms with E-state index in [1.54, 1.807) is 6.07 Å². The van der Waals surface area contributed by atoms with Crippen molar-refractivity contribution in [3.05, 3.63) is 81.7 Å². The van der Waals surface area contributed by atoms with E-state index in [2.05, 4.69) is 32.0 Å². The summed E-state index contributed by atoms with van der Waals surface area (Å²) in [4.78, 5) is 8.95. The standard InChI is InChI=1S/C17H12BrClN2/c18-14-9-5-4-8-13(14)10-17-20-15(11-16(19)21-17)12-6-2-1-3-7-12/h1-9,11H,10H2. The Labute approximate surface area is 137 Å². The van der Waals surface area contributed by atoms with E-state index in [1.807, 2.05) is 48.5 Å². The van der Waals surface area contributed by atoms with Crippen LogP contribution in [0.1, 0.15) is 11.4 Å². The zero-order chi connectivity index (χ0) is 14.7. The summed E-state index contributed by atoms with van der Waals surface area (Å²) >= 11 is 9.69. The fourth-order valence-electron chi connectivity index (χ4n) is 2.11. The van der Waals surface area contributed by atoms with Crippen molar-refractivity contribution in [1.29, 1.82) is 0 Å². The molecule has 0 unspecified atom stereocenters. The third-order valence-corrected chi connectivity index (χ3v) is 4.08.